The molecule has 1 aliphatic rings. The van der Waals surface area contributed by atoms with Gasteiger partial charge in [0.25, 0.3) is 10.0 Å². The van der Waals surface area contributed by atoms with E-state index in [1.165, 1.54) is 24.3 Å². The summed E-state index contributed by atoms with van der Waals surface area (Å²) >= 11 is 0. The average molecular weight is 545 g/mol. The van der Waals surface area contributed by atoms with E-state index in [4.69, 9.17) is 4.42 Å². The number of nitrogens with one attached hydrogen (secondary N) is 2. The lowest BCUT2D eigenvalue weighted by Crippen LogP contribution is -2.42. The number of sulfonamides is 2. The largest absolute Gasteiger partial charge is 0.505 e. The Labute approximate surface area is 216 Å². The van der Waals surface area contributed by atoms with Gasteiger partial charge in [-0.3, -0.25) is 4.72 Å². The highest BCUT2D eigenvalue weighted by Crippen LogP contribution is 2.50. The maximum Gasteiger partial charge on any atom is 0.364 e. The minimum atomic E-state index is -4.14. The van der Waals surface area contributed by atoms with Crippen LogP contribution in [0.25, 0.3) is 6.08 Å². The summed E-state index contributed by atoms with van der Waals surface area (Å²) in [6, 6.07) is 17.8. The van der Waals surface area contributed by atoms with Gasteiger partial charge in [0.2, 0.25) is 10.0 Å². The van der Waals surface area contributed by atoms with Crippen molar-refractivity contribution in [2.75, 3.05) is 11.3 Å². The van der Waals surface area contributed by atoms with Gasteiger partial charge in [0.05, 0.1) is 10.3 Å². The molecule has 1 aliphatic carbocycles. The summed E-state index contributed by atoms with van der Waals surface area (Å²) in [5.74, 6) is -0.485. The highest BCUT2D eigenvalue weighted by Gasteiger charge is 2.48. The first-order chi connectivity index (χ1) is 17.6. The molecule has 1 saturated carbocycles. The van der Waals surface area contributed by atoms with E-state index in [0.29, 0.717) is 12.0 Å². The molecule has 1 atom stereocenters. The second-order valence-corrected chi connectivity index (χ2v) is 12.3. The Hall–Kier alpha value is -3.41. The Morgan fingerprint density at radius 3 is 2.22 bits per heavy atom. The molecular formula is C26H28N2O7S2. The third kappa shape index (κ3) is 6.12. The molecule has 2 aromatic carbocycles. The smallest absolute Gasteiger partial charge is 0.364 e. The van der Waals surface area contributed by atoms with Crippen molar-refractivity contribution in [3.63, 3.8) is 0 Å². The Bertz CT molecular complexity index is 1550. The van der Waals surface area contributed by atoms with Gasteiger partial charge in [-0.05, 0) is 49.0 Å². The summed E-state index contributed by atoms with van der Waals surface area (Å²) in [5.41, 5.74) is -1.96. The molecule has 0 bridgehead atoms. The maximum atomic E-state index is 12.8. The number of aromatic hydroxyl groups is 1. The number of rotatable bonds is 11. The van der Waals surface area contributed by atoms with Gasteiger partial charge in [0, 0.05) is 18.0 Å². The van der Waals surface area contributed by atoms with Crippen LogP contribution in [-0.4, -0.2) is 28.5 Å². The van der Waals surface area contributed by atoms with Crippen molar-refractivity contribution in [3.05, 3.63) is 93.9 Å². The standard InChI is InChI=1S/C26H28N2O7S2/c1-2-26(20-13-14-20,18-27-37(33,34)21-11-7-4-8-12-21)23-17-22(29)24(25(30)35-23)28-36(31,32)16-15-19-9-5-3-6-10-19/h3-12,15-17,20,27-29H,2,13-14,18H2,1H3. The predicted octanol–water partition coefficient (Wildman–Crippen LogP) is 3.79. The number of hydrogen-bond acceptors (Lipinski definition) is 7. The number of benzene rings is 2. The van der Waals surface area contributed by atoms with Crippen LogP contribution < -0.4 is 15.1 Å². The first kappa shape index (κ1) is 26.6. The van der Waals surface area contributed by atoms with Crippen LogP contribution >= 0.6 is 0 Å². The minimum absolute atomic E-state index is 0.0230. The summed E-state index contributed by atoms with van der Waals surface area (Å²) < 4.78 is 60.9. The Balaban J connectivity index is 1.61. The van der Waals surface area contributed by atoms with E-state index < -0.39 is 42.5 Å². The maximum absolute atomic E-state index is 12.8. The van der Waals surface area contributed by atoms with Crippen LogP contribution in [0, 0.1) is 5.92 Å². The summed E-state index contributed by atoms with van der Waals surface area (Å²) in [6.07, 6.45) is 3.36. The molecule has 1 heterocycles. The van der Waals surface area contributed by atoms with E-state index >= 15 is 0 Å². The van der Waals surface area contributed by atoms with Crippen LogP contribution in [0.3, 0.4) is 0 Å². The van der Waals surface area contributed by atoms with Gasteiger partial charge in [0.1, 0.15) is 5.76 Å². The molecule has 0 amide bonds. The van der Waals surface area contributed by atoms with E-state index in [2.05, 4.69) is 9.44 Å². The Morgan fingerprint density at radius 1 is 1.03 bits per heavy atom. The van der Waals surface area contributed by atoms with E-state index in [1.807, 2.05) is 6.92 Å². The summed E-state index contributed by atoms with van der Waals surface area (Å²) in [7, 11) is -7.97. The first-order valence-electron chi connectivity index (χ1n) is 11.7. The van der Waals surface area contributed by atoms with Gasteiger partial charge in [-0.25, -0.2) is 26.4 Å². The Kier molecular flexibility index (Phi) is 7.58. The zero-order chi connectivity index (χ0) is 26.7. The average Bonchev–Trinajstić information content (AvgIpc) is 3.73. The summed E-state index contributed by atoms with van der Waals surface area (Å²) in [6.45, 7) is 1.79. The SMILES string of the molecule is CCC(CNS(=O)(=O)c1ccccc1)(c1cc(O)c(NS(=O)(=O)C=Cc2ccccc2)c(=O)o1)C1CC1. The molecular weight excluding hydrogens is 516 g/mol. The van der Waals surface area contributed by atoms with Crippen LogP contribution in [0.5, 0.6) is 5.75 Å². The lowest BCUT2D eigenvalue weighted by atomic mass is 9.77. The van der Waals surface area contributed by atoms with Gasteiger partial charge in [-0.1, -0.05) is 55.5 Å². The fourth-order valence-corrected chi connectivity index (χ4v) is 6.30. The fourth-order valence-electron chi connectivity index (χ4n) is 4.29. The van der Waals surface area contributed by atoms with Gasteiger partial charge >= 0.3 is 5.63 Å². The van der Waals surface area contributed by atoms with Crippen LogP contribution in [-0.2, 0) is 25.5 Å². The molecule has 37 heavy (non-hydrogen) atoms. The molecule has 0 spiro atoms. The molecule has 4 rings (SSSR count). The third-order valence-electron chi connectivity index (χ3n) is 6.53. The van der Waals surface area contributed by atoms with Crippen LogP contribution in [0.4, 0.5) is 5.69 Å². The molecule has 11 heteroatoms. The second-order valence-electron chi connectivity index (χ2n) is 8.94. The number of anilines is 1. The molecule has 3 aromatic rings. The van der Waals surface area contributed by atoms with E-state index in [-0.39, 0.29) is 23.1 Å². The molecule has 1 aromatic heterocycles. The van der Waals surface area contributed by atoms with E-state index in [0.717, 1.165) is 18.2 Å². The molecule has 3 N–H and O–H groups in total. The monoisotopic (exact) mass is 544 g/mol. The van der Waals surface area contributed by atoms with Crippen LogP contribution in [0.15, 0.2) is 86.2 Å². The van der Waals surface area contributed by atoms with Crippen molar-refractivity contribution < 1.29 is 26.4 Å². The molecule has 196 valence electrons. The van der Waals surface area contributed by atoms with Gasteiger partial charge in [-0.15, -0.1) is 0 Å². The molecule has 0 radical (unpaired) electrons. The normalized spacial score (nSPS) is 15.9. The first-order valence-corrected chi connectivity index (χ1v) is 14.8. The topological polar surface area (TPSA) is 143 Å². The van der Waals surface area contributed by atoms with Crippen molar-refractivity contribution in [3.8, 4) is 5.75 Å². The quantitative estimate of drug-likeness (QED) is 0.333. The molecule has 9 nitrogen and oxygen atoms in total. The third-order valence-corrected chi connectivity index (χ3v) is 8.93. The molecule has 1 unspecified atom stereocenters. The van der Waals surface area contributed by atoms with Crippen molar-refractivity contribution >= 4 is 31.8 Å². The second kappa shape index (κ2) is 10.5. The highest BCUT2D eigenvalue weighted by atomic mass is 32.2. The van der Waals surface area contributed by atoms with Gasteiger partial charge < -0.3 is 9.52 Å². The van der Waals surface area contributed by atoms with Crippen molar-refractivity contribution in [1.29, 1.82) is 0 Å². The molecule has 0 aliphatic heterocycles. The van der Waals surface area contributed by atoms with Gasteiger partial charge in [-0.2, -0.15) is 0 Å². The van der Waals surface area contributed by atoms with Crippen LogP contribution in [0.2, 0.25) is 0 Å². The lowest BCUT2D eigenvalue weighted by Gasteiger charge is -2.32. The summed E-state index contributed by atoms with van der Waals surface area (Å²) in [4.78, 5) is 12.9. The number of hydrogen-bond donors (Lipinski definition) is 3. The van der Waals surface area contributed by atoms with Crippen molar-refractivity contribution in [1.82, 2.24) is 4.72 Å². The molecule has 1 fully saturated rings. The predicted molar refractivity (Wildman–Crippen MR) is 141 cm³/mol. The minimum Gasteiger partial charge on any atom is -0.505 e. The zero-order valence-electron chi connectivity index (χ0n) is 20.1. The molecule has 0 saturated heterocycles. The summed E-state index contributed by atoms with van der Waals surface area (Å²) in [5, 5.41) is 11.5. The van der Waals surface area contributed by atoms with Crippen molar-refractivity contribution in [2.45, 2.75) is 36.5 Å². The van der Waals surface area contributed by atoms with Crippen molar-refractivity contribution in [2.24, 2.45) is 5.92 Å². The van der Waals surface area contributed by atoms with E-state index in [1.54, 1.807) is 48.5 Å². The lowest BCUT2D eigenvalue weighted by molar-refractivity contribution is 0.268. The zero-order valence-corrected chi connectivity index (χ0v) is 21.8. The van der Waals surface area contributed by atoms with Gasteiger partial charge in [0.15, 0.2) is 11.4 Å². The Morgan fingerprint density at radius 2 is 1.65 bits per heavy atom. The van der Waals surface area contributed by atoms with Crippen LogP contribution in [0.1, 0.15) is 37.5 Å². The highest BCUT2D eigenvalue weighted by molar-refractivity contribution is 7.95. The fraction of sp³-hybridized carbons (Fsp3) is 0.269. The van der Waals surface area contributed by atoms with E-state index in [9.17, 15) is 26.7 Å².